The molecule has 4 aliphatic heterocycles. The molecular formula is C37H33Br2F4IN6O4S. The maximum atomic E-state index is 14.4. The second-order valence-electron chi connectivity index (χ2n) is 12.7. The molecule has 10 nitrogen and oxygen atoms in total. The van der Waals surface area contributed by atoms with E-state index in [-0.39, 0.29) is 71.9 Å². The van der Waals surface area contributed by atoms with Gasteiger partial charge >= 0.3 is 0 Å². The normalized spacial score (nSPS) is 23.4. The molecule has 0 fully saturated rings. The summed E-state index contributed by atoms with van der Waals surface area (Å²) in [6.07, 6.45) is 0.222. The lowest BCUT2D eigenvalue weighted by Gasteiger charge is -2.37. The zero-order valence-electron chi connectivity index (χ0n) is 29.3. The summed E-state index contributed by atoms with van der Waals surface area (Å²) < 4.78 is 69.6. The fourth-order valence-electron chi connectivity index (χ4n) is 7.04. The monoisotopic (exact) mass is 1020 g/mol. The number of thioether (sulfide) groups is 1. The van der Waals surface area contributed by atoms with Crippen LogP contribution in [0.25, 0.3) is 0 Å². The standard InChI is InChI=1S/C19H15BrF2N2O2S.C18H14BrF2N3O2.HI.H3N/c1-24-17(25)19(23-18(24)27-2)9-15(11-4-3-5-13(21)16(11)22)26-14-7-6-10(20)8-12(14)19;1-24-16(25)18(23-17(24)22)8-14(10-3-2-4-12(20)15(10)21)26-13-6-5-9(19)7-11(13)18;;/h3-8,15H,9H2,1-2H3;2-7,14H,8H2,1H3,(H2,22,23);1H;1H3. The average molecular weight is 1020 g/mol. The second kappa shape index (κ2) is 16.0. The van der Waals surface area contributed by atoms with Crippen LogP contribution in [0.5, 0.6) is 11.5 Å². The third-order valence-corrected chi connectivity index (χ3v) is 11.4. The highest BCUT2D eigenvalue weighted by Crippen LogP contribution is 2.52. The number of carbonyl (C=O) groups excluding carboxylic acids is 2. The molecule has 4 aliphatic rings. The van der Waals surface area contributed by atoms with Crippen LogP contribution >= 0.6 is 67.6 Å². The predicted molar refractivity (Wildman–Crippen MR) is 219 cm³/mol. The minimum Gasteiger partial charge on any atom is -0.485 e. The van der Waals surface area contributed by atoms with Gasteiger partial charge in [0.15, 0.2) is 45.5 Å². The van der Waals surface area contributed by atoms with Gasteiger partial charge in [0.05, 0.1) is 0 Å². The molecule has 0 saturated heterocycles. The lowest BCUT2D eigenvalue weighted by molar-refractivity contribution is -0.133. The highest BCUT2D eigenvalue weighted by molar-refractivity contribution is 14.0. The zero-order chi connectivity index (χ0) is 38.0. The minimum absolute atomic E-state index is 0. The number of nitrogens with two attached hydrogens (primary N) is 1. The van der Waals surface area contributed by atoms with Crippen molar-refractivity contribution in [1.29, 1.82) is 0 Å². The molecule has 0 aliphatic carbocycles. The fourth-order valence-corrected chi connectivity index (χ4v) is 8.36. The number of hydrogen-bond donors (Lipinski definition) is 2. The summed E-state index contributed by atoms with van der Waals surface area (Å²) in [6.45, 7) is 0. The lowest BCUT2D eigenvalue weighted by Crippen LogP contribution is -2.43. The number of amides is 2. The number of rotatable bonds is 2. The van der Waals surface area contributed by atoms with Gasteiger partial charge in [-0.15, -0.1) is 24.0 Å². The van der Waals surface area contributed by atoms with Crippen molar-refractivity contribution >= 4 is 90.5 Å². The van der Waals surface area contributed by atoms with E-state index in [1.807, 2.05) is 6.26 Å². The van der Waals surface area contributed by atoms with Crippen LogP contribution in [0, 0.1) is 23.3 Å². The van der Waals surface area contributed by atoms with Crippen molar-refractivity contribution in [3.63, 3.8) is 0 Å². The Morgan fingerprint density at radius 2 is 1.18 bits per heavy atom. The van der Waals surface area contributed by atoms with Gasteiger partial charge in [-0.2, -0.15) is 0 Å². The van der Waals surface area contributed by atoms with Crippen LogP contribution in [0.2, 0.25) is 0 Å². The van der Waals surface area contributed by atoms with E-state index in [4.69, 9.17) is 20.2 Å². The predicted octanol–water partition coefficient (Wildman–Crippen LogP) is 8.65. The lowest BCUT2D eigenvalue weighted by atomic mass is 9.80. The largest absolute Gasteiger partial charge is 0.485 e. The summed E-state index contributed by atoms with van der Waals surface area (Å²) in [4.78, 5) is 38.1. The molecule has 2 spiro atoms. The Kier molecular flexibility index (Phi) is 12.4. The topological polar surface area (TPSA) is 145 Å². The summed E-state index contributed by atoms with van der Waals surface area (Å²) in [7, 11) is 3.19. The molecule has 0 saturated carbocycles. The van der Waals surface area contributed by atoms with Crippen LogP contribution in [0.1, 0.15) is 47.3 Å². The van der Waals surface area contributed by atoms with E-state index in [2.05, 4.69) is 36.9 Å². The van der Waals surface area contributed by atoms with Crippen molar-refractivity contribution < 1.29 is 36.6 Å². The summed E-state index contributed by atoms with van der Waals surface area (Å²) in [5, 5.41) is 0.575. The molecule has 5 N–H and O–H groups in total. The Balaban J connectivity index is 0.000000204. The summed E-state index contributed by atoms with van der Waals surface area (Å²) in [6, 6.07) is 18.3. The average Bonchev–Trinajstić information content (AvgIpc) is 3.50. The highest BCUT2D eigenvalue weighted by Gasteiger charge is 2.55. The van der Waals surface area contributed by atoms with E-state index in [1.165, 1.54) is 52.9 Å². The molecule has 4 aromatic rings. The number of fused-ring (bicyclic) bond motifs is 4. The Labute approximate surface area is 351 Å². The molecule has 4 heterocycles. The maximum absolute atomic E-state index is 14.4. The van der Waals surface area contributed by atoms with Crippen molar-refractivity contribution in [2.75, 3.05) is 20.4 Å². The molecule has 290 valence electrons. The number of likely N-dealkylation sites (N-methyl/N-ethyl adjacent to an activating group) is 2. The van der Waals surface area contributed by atoms with Crippen molar-refractivity contribution in [3.8, 4) is 11.5 Å². The SMILES string of the molecule is CN1C(=O)C2(CC(c3cccc(F)c3F)Oc3ccc(Br)cc32)N=C1N.CSC1=NC2(CC(c3cccc(F)c3F)Oc3ccc(Br)cc32)C(=O)N1C.I.N. The van der Waals surface area contributed by atoms with Gasteiger partial charge in [-0.25, -0.2) is 27.5 Å². The van der Waals surface area contributed by atoms with E-state index in [9.17, 15) is 27.2 Å². The van der Waals surface area contributed by atoms with Crippen molar-refractivity contribution in [2.24, 2.45) is 15.7 Å². The number of halogens is 7. The number of nitrogens with zero attached hydrogens (tertiary/aromatic N) is 4. The molecule has 55 heavy (non-hydrogen) atoms. The van der Waals surface area contributed by atoms with Crippen molar-refractivity contribution in [1.82, 2.24) is 16.0 Å². The van der Waals surface area contributed by atoms with Gasteiger partial charge in [0.25, 0.3) is 11.8 Å². The number of aliphatic imine (C=N–C) groups is 2. The number of guanidine groups is 1. The van der Waals surface area contributed by atoms with Gasteiger partial charge in [-0.1, -0.05) is 67.9 Å². The quantitative estimate of drug-likeness (QED) is 0.151. The minimum atomic E-state index is -1.33. The van der Waals surface area contributed by atoms with Gasteiger partial charge in [-0.05, 0) is 54.8 Å². The molecular weight excluding hydrogens is 987 g/mol. The number of hydrogen-bond acceptors (Lipinski definition) is 9. The van der Waals surface area contributed by atoms with E-state index in [0.29, 0.717) is 27.8 Å². The van der Waals surface area contributed by atoms with Crippen LogP contribution < -0.4 is 21.4 Å². The molecule has 2 amide bonds. The van der Waals surface area contributed by atoms with Crippen molar-refractivity contribution in [3.05, 3.63) is 127 Å². The van der Waals surface area contributed by atoms with Crippen LogP contribution in [0.15, 0.2) is 91.7 Å². The number of carbonyl (C=O) groups is 2. The summed E-state index contributed by atoms with van der Waals surface area (Å²) in [5.41, 5.74) is 4.58. The van der Waals surface area contributed by atoms with Gasteiger partial charge in [0, 0.05) is 58.1 Å². The van der Waals surface area contributed by atoms with E-state index >= 15 is 0 Å². The van der Waals surface area contributed by atoms with E-state index in [1.54, 1.807) is 43.4 Å². The first-order valence-corrected chi connectivity index (χ1v) is 18.9. The second-order valence-corrected chi connectivity index (χ2v) is 15.3. The zero-order valence-corrected chi connectivity index (χ0v) is 35.6. The van der Waals surface area contributed by atoms with Gasteiger partial charge in [-0.3, -0.25) is 19.4 Å². The van der Waals surface area contributed by atoms with Crippen LogP contribution in [0.3, 0.4) is 0 Å². The third kappa shape index (κ3) is 7.12. The first kappa shape index (κ1) is 42.4. The van der Waals surface area contributed by atoms with Crippen LogP contribution in [0.4, 0.5) is 17.6 Å². The Morgan fingerprint density at radius 3 is 1.58 bits per heavy atom. The van der Waals surface area contributed by atoms with Crippen LogP contribution in [-0.2, 0) is 20.7 Å². The van der Waals surface area contributed by atoms with Crippen LogP contribution in [-0.4, -0.2) is 53.1 Å². The molecule has 0 radical (unpaired) electrons. The summed E-state index contributed by atoms with van der Waals surface area (Å²) >= 11 is 8.17. The summed E-state index contributed by atoms with van der Waals surface area (Å²) in [5.74, 6) is -3.54. The van der Waals surface area contributed by atoms with E-state index < -0.39 is 46.6 Å². The molecule has 18 heteroatoms. The molecule has 4 aromatic carbocycles. The maximum Gasteiger partial charge on any atom is 0.261 e. The third-order valence-electron chi connectivity index (χ3n) is 9.65. The Bertz CT molecular complexity index is 2270. The molecule has 4 unspecified atom stereocenters. The Hall–Kier alpha value is -3.72. The Morgan fingerprint density at radius 1 is 0.745 bits per heavy atom. The molecule has 0 aromatic heterocycles. The number of amidine groups is 1. The van der Waals surface area contributed by atoms with Gasteiger partial charge < -0.3 is 21.4 Å². The first-order chi connectivity index (χ1) is 25.2. The molecule has 8 rings (SSSR count). The fraction of sp³-hybridized carbons (Fsp3) is 0.243. The molecule has 4 atom stereocenters. The van der Waals surface area contributed by atoms with Gasteiger partial charge in [0.2, 0.25) is 0 Å². The van der Waals surface area contributed by atoms with Gasteiger partial charge in [0.1, 0.15) is 23.7 Å². The first-order valence-electron chi connectivity index (χ1n) is 16.1. The molecule has 0 bridgehead atoms. The van der Waals surface area contributed by atoms with E-state index in [0.717, 1.165) is 21.1 Å². The highest BCUT2D eigenvalue weighted by atomic mass is 127. The number of benzene rings is 4. The number of ether oxygens (including phenoxy) is 2. The smallest absolute Gasteiger partial charge is 0.261 e. The van der Waals surface area contributed by atoms with Crippen molar-refractivity contribution in [2.45, 2.75) is 36.1 Å².